The summed E-state index contributed by atoms with van der Waals surface area (Å²) in [6.07, 6.45) is 8.38. The summed E-state index contributed by atoms with van der Waals surface area (Å²) in [4.78, 5) is 26.5. The van der Waals surface area contributed by atoms with E-state index in [2.05, 4.69) is 31.2 Å². The predicted octanol–water partition coefficient (Wildman–Crippen LogP) is 4.41. The summed E-state index contributed by atoms with van der Waals surface area (Å²) in [5, 5.41) is 3.46. The van der Waals surface area contributed by atoms with Gasteiger partial charge in [0.25, 0.3) is 0 Å². The molecule has 1 aliphatic carbocycles. The molecule has 0 atom stereocenters. The van der Waals surface area contributed by atoms with E-state index in [0.717, 1.165) is 67.6 Å². The van der Waals surface area contributed by atoms with Crippen LogP contribution in [0.1, 0.15) is 29.0 Å². The number of thiophene rings is 1. The Morgan fingerprint density at radius 3 is 2.90 bits per heavy atom. The zero-order valence-electron chi connectivity index (χ0n) is 17.3. The molecule has 0 bridgehead atoms. The largest absolute Gasteiger partial charge is 0.355 e. The van der Waals surface area contributed by atoms with Crippen molar-refractivity contribution in [3.8, 4) is 11.4 Å². The van der Waals surface area contributed by atoms with Crippen LogP contribution in [0.15, 0.2) is 35.4 Å². The zero-order chi connectivity index (χ0) is 20.6. The van der Waals surface area contributed by atoms with Crippen LogP contribution in [0.2, 0.25) is 0 Å². The van der Waals surface area contributed by atoms with E-state index in [4.69, 9.17) is 9.97 Å². The molecule has 0 spiro atoms. The molecule has 6 rings (SSSR count). The SMILES string of the molecule is c1cncc(-c2nc(N3CCCN(Cc4cscn4)CC3)c3c4c(sc3n2)CCC4)c1. The minimum Gasteiger partial charge on any atom is -0.355 e. The first-order valence-electron chi connectivity index (χ1n) is 10.9. The maximum Gasteiger partial charge on any atom is 0.164 e. The zero-order valence-corrected chi connectivity index (χ0v) is 19.0. The van der Waals surface area contributed by atoms with E-state index < -0.39 is 0 Å². The third-order valence-corrected chi connectivity index (χ3v) is 8.04. The molecule has 1 aliphatic heterocycles. The van der Waals surface area contributed by atoms with Gasteiger partial charge in [-0.3, -0.25) is 9.88 Å². The quantitative estimate of drug-likeness (QED) is 0.461. The highest BCUT2D eigenvalue weighted by Gasteiger charge is 2.26. The fourth-order valence-electron chi connectivity index (χ4n) is 4.72. The van der Waals surface area contributed by atoms with Gasteiger partial charge < -0.3 is 4.90 Å². The Hall–Kier alpha value is -2.42. The van der Waals surface area contributed by atoms with Crippen molar-refractivity contribution in [1.29, 1.82) is 0 Å². The smallest absolute Gasteiger partial charge is 0.164 e. The summed E-state index contributed by atoms with van der Waals surface area (Å²) in [5.41, 5.74) is 5.58. The fourth-order valence-corrected chi connectivity index (χ4v) is 6.52. The summed E-state index contributed by atoms with van der Waals surface area (Å²) < 4.78 is 0. The molecular weight excluding hydrogens is 424 g/mol. The Balaban J connectivity index is 1.37. The van der Waals surface area contributed by atoms with Crippen LogP contribution >= 0.6 is 22.7 Å². The Bertz CT molecular complexity index is 1190. The van der Waals surface area contributed by atoms with Crippen molar-refractivity contribution in [2.45, 2.75) is 32.2 Å². The molecule has 1 fully saturated rings. The molecule has 0 unspecified atom stereocenters. The molecule has 6 nitrogen and oxygen atoms in total. The van der Waals surface area contributed by atoms with Gasteiger partial charge in [0.15, 0.2) is 5.82 Å². The molecule has 2 aliphatic rings. The summed E-state index contributed by atoms with van der Waals surface area (Å²) in [5.74, 6) is 1.91. The van der Waals surface area contributed by atoms with Gasteiger partial charge in [0.05, 0.1) is 16.6 Å². The number of hydrogen-bond donors (Lipinski definition) is 0. The number of thiazole rings is 1. The first kappa shape index (κ1) is 19.3. The third-order valence-electron chi connectivity index (χ3n) is 6.22. The van der Waals surface area contributed by atoms with Crippen molar-refractivity contribution in [1.82, 2.24) is 24.8 Å². The monoisotopic (exact) mass is 448 g/mol. The molecule has 1 saturated heterocycles. The Kier molecular flexibility index (Phi) is 5.13. The highest BCUT2D eigenvalue weighted by Crippen LogP contribution is 2.41. The number of fused-ring (bicyclic) bond motifs is 3. The van der Waals surface area contributed by atoms with Crippen LogP contribution in [0.5, 0.6) is 0 Å². The van der Waals surface area contributed by atoms with Gasteiger partial charge in [-0.2, -0.15) is 0 Å². The van der Waals surface area contributed by atoms with Crippen molar-refractivity contribution in [2.24, 2.45) is 0 Å². The standard InChI is InChI=1S/C23H24N6S2/c1-5-18-19(6-1)31-23-20(18)22(26-21(27-23)16-4-2-7-24-12-16)29-9-3-8-28(10-11-29)13-17-14-30-15-25-17/h2,4,7,12,14-15H,1,3,5-6,8-11,13H2. The molecule has 4 aromatic heterocycles. The van der Waals surface area contributed by atoms with E-state index in [1.807, 2.05) is 29.1 Å². The lowest BCUT2D eigenvalue weighted by atomic mass is 10.1. The minimum atomic E-state index is 0.791. The summed E-state index contributed by atoms with van der Waals surface area (Å²) in [7, 11) is 0. The molecule has 8 heteroatoms. The number of aryl methyl sites for hydroxylation is 2. The molecule has 0 N–H and O–H groups in total. The van der Waals surface area contributed by atoms with Crippen molar-refractivity contribution in [3.63, 3.8) is 0 Å². The van der Waals surface area contributed by atoms with E-state index in [9.17, 15) is 0 Å². The molecule has 5 heterocycles. The molecule has 0 radical (unpaired) electrons. The second-order valence-corrected chi connectivity index (χ2v) is 10.0. The Morgan fingerprint density at radius 1 is 1.03 bits per heavy atom. The Morgan fingerprint density at radius 2 is 2.03 bits per heavy atom. The third kappa shape index (κ3) is 3.73. The van der Waals surface area contributed by atoms with Gasteiger partial charge in [-0.25, -0.2) is 15.0 Å². The number of anilines is 1. The van der Waals surface area contributed by atoms with Crippen LogP contribution in [0, 0.1) is 0 Å². The number of hydrogen-bond acceptors (Lipinski definition) is 8. The van der Waals surface area contributed by atoms with Crippen LogP contribution in [-0.4, -0.2) is 51.0 Å². The van der Waals surface area contributed by atoms with Crippen LogP contribution in [0.25, 0.3) is 21.6 Å². The molecule has 31 heavy (non-hydrogen) atoms. The van der Waals surface area contributed by atoms with Crippen molar-refractivity contribution >= 4 is 38.7 Å². The average molecular weight is 449 g/mol. The van der Waals surface area contributed by atoms with Gasteiger partial charge in [0, 0.05) is 60.9 Å². The number of aromatic nitrogens is 4. The second-order valence-electron chi connectivity index (χ2n) is 8.25. The molecule has 158 valence electrons. The second kappa shape index (κ2) is 8.26. The van der Waals surface area contributed by atoms with Gasteiger partial charge in [-0.1, -0.05) is 0 Å². The maximum absolute atomic E-state index is 5.14. The van der Waals surface area contributed by atoms with Crippen LogP contribution < -0.4 is 4.90 Å². The first-order chi connectivity index (χ1) is 15.3. The van der Waals surface area contributed by atoms with E-state index >= 15 is 0 Å². The minimum absolute atomic E-state index is 0.791. The summed E-state index contributed by atoms with van der Waals surface area (Å²) in [6.45, 7) is 5.06. The molecule has 0 amide bonds. The molecular formula is C23H24N6S2. The normalized spacial score (nSPS) is 17.2. The topological polar surface area (TPSA) is 58.0 Å². The van der Waals surface area contributed by atoms with Crippen LogP contribution in [-0.2, 0) is 19.4 Å². The van der Waals surface area contributed by atoms with Crippen LogP contribution in [0.3, 0.4) is 0 Å². The fraction of sp³-hybridized carbons (Fsp3) is 0.391. The Labute approximate surface area is 189 Å². The van der Waals surface area contributed by atoms with E-state index in [1.54, 1.807) is 17.5 Å². The molecule has 4 aromatic rings. The van der Waals surface area contributed by atoms with E-state index in [1.165, 1.54) is 34.4 Å². The number of pyridine rings is 1. The van der Waals surface area contributed by atoms with Crippen LogP contribution in [0.4, 0.5) is 5.82 Å². The van der Waals surface area contributed by atoms with Gasteiger partial charge in [0.1, 0.15) is 10.6 Å². The van der Waals surface area contributed by atoms with E-state index in [-0.39, 0.29) is 0 Å². The van der Waals surface area contributed by atoms with Gasteiger partial charge >= 0.3 is 0 Å². The maximum atomic E-state index is 5.14. The lowest BCUT2D eigenvalue weighted by Gasteiger charge is -2.24. The first-order valence-corrected chi connectivity index (χ1v) is 12.7. The van der Waals surface area contributed by atoms with Gasteiger partial charge in [0.2, 0.25) is 0 Å². The summed E-state index contributed by atoms with van der Waals surface area (Å²) >= 11 is 3.54. The lowest BCUT2D eigenvalue weighted by Crippen LogP contribution is -2.31. The number of rotatable bonds is 4. The van der Waals surface area contributed by atoms with Gasteiger partial charge in [-0.15, -0.1) is 22.7 Å². The summed E-state index contributed by atoms with van der Waals surface area (Å²) in [6, 6.07) is 4.01. The lowest BCUT2D eigenvalue weighted by molar-refractivity contribution is 0.282. The highest BCUT2D eigenvalue weighted by atomic mass is 32.1. The van der Waals surface area contributed by atoms with Crippen molar-refractivity contribution in [2.75, 3.05) is 31.1 Å². The van der Waals surface area contributed by atoms with Crippen molar-refractivity contribution < 1.29 is 0 Å². The van der Waals surface area contributed by atoms with Gasteiger partial charge in [-0.05, 0) is 43.4 Å². The molecule has 0 saturated carbocycles. The average Bonchev–Trinajstić information content (AvgIpc) is 3.50. The highest BCUT2D eigenvalue weighted by molar-refractivity contribution is 7.19. The molecule has 0 aromatic carbocycles. The predicted molar refractivity (Wildman–Crippen MR) is 127 cm³/mol. The van der Waals surface area contributed by atoms with Crippen molar-refractivity contribution in [3.05, 3.63) is 51.6 Å². The van der Waals surface area contributed by atoms with E-state index in [0.29, 0.717) is 0 Å². The number of nitrogens with zero attached hydrogens (tertiary/aromatic N) is 6.